The van der Waals surface area contributed by atoms with Gasteiger partial charge in [-0.05, 0) is 38.3 Å². The normalized spacial score (nSPS) is 23.0. The van der Waals surface area contributed by atoms with Crippen molar-refractivity contribution in [3.8, 4) is 0 Å². The van der Waals surface area contributed by atoms with Gasteiger partial charge in [-0.3, -0.25) is 4.99 Å². The molecule has 0 spiro atoms. The number of rotatable bonds is 5. The molecule has 2 saturated heterocycles. The summed E-state index contributed by atoms with van der Waals surface area (Å²) in [4.78, 5) is 11.9. The molecule has 136 valence electrons. The van der Waals surface area contributed by atoms with E-state index >= 15 is 0 Å². The number of halogens is 1. The van der Waals surface area contributed by atoms with Crippen molar-refractivity contribution in [3.63, 3.8) is 0 Å². The van der Waals surface area contributed by atoms with Crippen LogP contribution in [-0.4, -0.2) is 87.1 Å². The molecule has 2 rings (SSSR count). The van der Waals surface area contributed by atoms with E-state index in [2.05, 4.69) is 45.9 Å². The minimum absolute atomic E-state index is 0. The van der Waals surface area contributed by atoms with Crippen LogP contribution in [0, 0.1) is 5.41 Å². The molecule has 0 saturated carbocycles. The molecule has 0 unspecified atom stereocenters. The lowest BCUT2D eigenvalue weighted by Crippen LogP contribution is -2.45. The van der Waals surface area contributed by atoms with Crippen molar-refractivity contribution in [2.75, 3.05) is 66.5 Å². The summed E-state index contributed by atoms with van der Waals surface area (Å²) in [5.74, 6) is 1.09. The Bertz CT molecular complexity index is 364. The van der Waals surface area contributed by atoms with Crippen LogP contribution in [0.15, 0.2) is 4.99 Å². The first-order valence-electron chi connectivity index (χ1n) is 8.87. The summed E-state index contributed by atoms with van der Waals surface area (Å²) in [6.07, 6.45) is 3.76. The number of unbranched alkanes of at least 4 members (excludes halogenated alkanes) is 1. The molecule has 6 heteroatoms. The Hall–Kier alpha value is -0.0800. The van der Waals surface area contributed by atoms with Crippen LogP contribution < -0.4 is 5.32 Å². The summed E-state index contributed by atoms with van der Waals surface area (Å²) in [6, 6.07) is 0. The zero-order chi connectivity index (χ0) is 16.0. The molecule has 0 radical (unpaired) electrons. The van der Waals surface area contributed by atoms with Gasteiger partial charge in [-0.15, -0.1) is 24.0 Å². The number of hydrogen-bond acceptors (Lipinski definition) is 3. The molecule has 2 aliphatic rings. The molecule has 0 aromatic carbocycles. The Morgan fingerprint density at radius 3 is 2.35 bits per heavy atom. The summed E-state index contributed by atoms with van der Waals surface area (Å²) < 4.78 is 0. The Morgan fingerprint density at radius 1 is 1.09 bits per heavy atom. The minimum Gasteiger partial charge on any atom is -0.356 e. The molecule has 23 heavy (non-hydrogen) atoms. The molecular weight excluding hydrogens is 401 g/mol. The van der Waals surface area contributed by atoms with Crippen LogP contribution >= 0.6 is 24.0 Å². The third kappa shape index (κ3) is 7.13. The van der Waals surface area contributed by atoms with E-state index in [-0.39, 0.29) is 24.0 Å². The van der Waals surface area contributed by atoms with Crippen molar-refractivity contribution in [1.82, 2.24) is 20.0 Å². The molecule has 2 aliphatic heterocycles. The highest BCUT2D eigenvalue weighted by Gasteiger charge is 2.30. The van der Waals surface area contributed by atoms with Gasteiger partial charge in [-0.1, -0.05) is 13.8 Å². The van der Waals surface area contributed by atoms with Crippen molar-refractivity contribution in [1.29, 1.82) is 0 Å². The maximum atomic E-state index is 4.45. The number of guanidine groups is 1. The van der Waals surface area contributed by atoms with Crippen LogP contribution in [0.5, 0.6) is 0 Å². The van der Waals surface area contributed by atoms with Gasteiger partial charge in [-0.25, -0.2) is 0 Å². The summed E-state index contributed by atoms with van der Waals surface area (Å²) in [5, 5.41) is 3.54. The number of nitrogens with zero attached hydrogens (tertiary/aromatic N) is 4. The second-order valence-corrected chi connectivity index (χ2v) is 7.66. The van der Waals surface area contributed by atoms with Crippen molar-refractivity contribution in [2.24, 2.45) is 10.4 Å². The smallest absolute Gasteiger partial charge is 0.193 e. The number of likely N-dealkylation sites (N-methyl/N-ethyl adjacent to an activating group) is 1. The first kappa shape index (κ1) is 21.0. The van der Waals surface area contributed by atoms with E-state index in [1.165, 1.54) is 52.0 Å². The van der Waals surface area contributed by atoms with Crippen molar-refractivity contribution < 1.29 is 0 Å². The van der Waals surface area contributed by atoms with Crippen LogP contribution in [0.1, 0.15) is 33.1 Å². The second kappa shape index (κ2) is 10.0. The average molecular weight is 437 g/mol. The Labute approximate surface area is 159 Å². The lowest BCUT2D eigenvalue weighted by atomic mass is 9.93. The fourth-order valence-electron chi connectivity index (χ4n) is 3.36. The number of piperazine rings is 1. The Balaban J connectivity index is 0.00000264. The minimum atomic E-state index is 0. The number of likely N-dealkylation sites (tertiary alicyclic amines) is 1. The maximum absolute atomic E-state index is 4.45. The summed E-state index contributed by atoms with van der Waals surface area (Å²) in [7, 11) is 4.12. The van der Waals surface area contributed by atoms with Crippen LogP contribution in [0.3, 0.4) is 0 Å². The quantitative estimate of drug-likeness (QED) is 0.309. The fourth-order valence-corrected chi connectivity index (χ4v) is 3.36. The van der Waals surface area contributed by atoms with Gasteiger partial charge in [0.15, 0.2) is 5.96 Å². The van der Waals surface area contributed by atoms with Gasteiger partial charge >= 0.3 is 0 Å². The van der Waals surface area contributed by atoms with Crippen LogP contribution in [0.25, 0.3) is 0 Å². The summed E-state index contributed by atoms with van der Waals surface area (Å²) in [6.45, 7) is 14.1. The van der Waals surface area contributed by atoms with Crippen molar-refractivity contribution in [3.05, 3.63) is 0 Å². The zero-order valence-corrected chi connectivity index (χ0v) is 17.8. The SMILES string of the molecule is CN=C(NCCCCN1CCN(C)CC1)N1CCC(C)(C)C1.I. The van der Waals surface area contributed by atoms with Crippen LogP contribution in [0.4, 0.5) is 0 Å². The van der Waals surface area contributed by atoms with E-state index < -0.39 is 0 Å². The predicted octanol–water partition coefficient (Wildman–Crippen LogP) is 1.94. The third-order valence-electron chi connectivity index (χ3n) is 4.97. The molecular formula is C17H36IN5. The van der Waals surface area contributed by atoms with Gasteiger partial charge in [0.1, 0.15) is 0 Å². The van der Waals surface area contributed by atoms with E-state index in [0.717, 1.165) is 25.6 Å². The highest BCUT2D eigenvalue weighted by Crippen LogP contribution is 2.28. The van der Waals surface area contributed by atoms with E-state index in [1.807, 2.05) is 7.05 Å². The second-order valence-electron chi connectivity index (χ2n) is 7.66. The molecule has 0 bridgehead atoms. The topological polar surface area (TPSA) is 34.1 Å². The average Bonchev–Trinajstić information content (AvgIpc) is 2.85. The van der Waals surface area contributed by atoms with Crippen LogP contribution in [-0.2, 0) is 0 Å². The van der Waals surface area contributed by atoms with E-state index in [1.54, 1.807) is 0 Å². The molecule has 1 N–H and O–H groups in total. The number of aliphatic imine (C=N–C) groups is 1. The molecule has 0 amide bonds. The predicted molar refractivity (Wildman–Crippen MR) is 110 cm³/mol. The highest BCUT2D eigenvalue weighted by atomic mass is 127. The number of nitrogens with one attached hydrogen (secondary N) is 1. The molecule has 5 nitrogen and oxygen atoms in total. The summed E-state index contributed by atoms with van der Waals surface area (Å²) >= 11 is 0. The van der Waals surface area contributed by atoms with E-state index in [0.29, 0.717) is 5.41 Å². The Morgan fingerprint density at radius 2 is 1.78 bits per heavy atom. The van der Waals surface area contributed by atoms with Crippen molar-refractivity contribution in [2.45, 2.75) is 33.1 Å². The van der Waals surface area contributed by atoms with E-state index in [4.69, 9.17) is 0 Å². The summed E-state index contributed by atoms with van der Waals surface area (Å²) in [5.41, 5.74) is 0.430. The first-order valence-corrected chi connectivity index (χ1v) is 8.87. The van der Waals surface area contributed by atoms with Gasteiger partial charge in [0.2, 0.25) is 0 Å². The molecule has 0 aromatic rings. The lowest BCUT2D eigenvalue weighted by molar-refractivity contribution is 0.152. The standard InChI is InChI=1S/C17H35N5.HI/c1-17(2)7-10-22(15-17)16(18-3)19-8-5-6-9-21-13-11-20(4)12-14-21;/h5-15H2,1-4H3,(H,18,19);1H. The fraction of sp³-hybridized carbons (Fsp3) is 0.941. The zero-order valence-electron chi connectivity index (χ0n) is 15.5. The molecule has 0 aromatic heterocycles. The van der Waals surface area contributed by atoms with Gasteiger partial charge in [0.25, 0.3) is 0 Å². The largest absolute Gasteiger partial charge is 0.356 e. The molecule has 2 heterocycles. The van der Waals surface area contributed by atoms with Crippen molar-refractivity contribution >= 4 is 29.9 Å². The van der Waals surface area contributed by atoms with E-state index in [9.17, 15) is 0 Å². The van der Waals surface area contributed by atoms with Gasteiger partial charge in [0.05, 0.1) is 0 Å². The lowest BCUT2D eigenvalue weighted by Gasteiger charge is -2.32. The third-order valence-corrected chi connectivity index (χ3v) is 4.97. The molecule has 0 atom stereocenters. The molecule has 2 fully saturated rings. The van der Waals surface area contributed by atoms with Crippen LogP contribution in [0.2, 0.25) is 0 Å². The Kier molecular flexibility index (Phi) is 9.15. The number of hydrogen-bond donors (Lipinski definition) is 1. The van der Waals surface area contributed by atoms with Gasteiger partial charge in [0, 0.05) is 52.9 Å². The van der Waals surface area contributed by atoms with Gasteiger partial charge in [-0.2, -0.15) is 0 Å². The maximum Gasteiger partial charge on any atom is 0.193 e. The monoisotopic (exact) mass is 437 g/mol. The highest BCUT2D eigenvalue weighted by molar-refractivity contribution is 14.0. The first-order chi connectivity index (χ1) is 10.5. The van der Waals surface area contributed by atoms with Gasteiger partial charge < -0.3 is 20.0 Å². The molecule has 0 aliphatic carbocycles.